The molecule has 0 saturated carbocycles. The van der Waals surface area contributed by atoms with Crippen molar-refractivity contribution in [2.24, 2.45) is 0 Å². The first-order chi connectivity index (χ1) is 18.2. The molecular formula is C28H30FN4O3PS. The van der Waals surface area contributed by atoms with E-state index in [1.165, 1.54) is 12.1 Å². The Morgan fingerprint density at radius 1 is 0.974 bits per heavy atom. The van der Waals surface area contributed by atoms with Crippen LogP contribution in [0.5, 0.6) is 0 Å². The smallest absolute Gasteiger partial charge is 0.338 e. The zero-order valence-corrected chi connectivity index (χ0v) is 23.3. The molecule has 0 aromatic heterocycles. The molecule has 1 amide bonds. The van der Waals surface area contributed by atoms with Gasteiger partial charge in [0.25, 0.3) is 5.91 Å². The molecule has 3 aromatic carbocycles. The van der Waals surface area contributed by atoms with Gasteiger partial charge in [-0.2, -0.15) is 0 Å². The first kappa shape index (κ1) is 26.4. The molecule has 5 rings (SSSR count). The third kappa shape index (κ3) is 4.59. The van der Waals surface area contributed by atoms with E-state index in [9.17, 15) is 14.0 Å². The van der Waals surface area contributed by atoms with Crippen molar-refractivity contribution in [2.45, 2.75) is 6.92 Å². The van der Waals surface area contributed by atoms with Crippen LogP contribution in [0.25, 0.3) is 0 Å². The van der Waals surface area contributed by atoms with Crippen LogP contribution in [0.4, 0.5) is 21.5 Å². The Labute approximate surface area is 227 Å². The number of fused-ring (bicyclic) bond motifs is 1. The van der Waals surface area contributed by atoms with Crippen LogP contribution < -0.4 is 19.8 Å². The molecule has 1 fully saturated rings. The molecule has 0 aliphatic carbocycles. The summed E-state index contributed by atoms with van der Waals surface area (Å²) in [4.78, 5) is 30.4. The van der Waals surface area contributed by atoms with Crippen molar-refractivity contribution in [1.29, 1.82) is 0 Å². The minimum Gasteiger partial charge on any atom is -0.462 e. The lowest BCUT2D eigenvalue weighted by Crippen LogP contribution is -2.47. The summed E-state index contributed by atoms with van der Waals surface area (Å²) in [6.45, 7) is 4.79. The van der Waals surface area contributed by atoms with E-state index in [1.54, 1.807) is 48.0 Å². The fraction of sp³-hybridized carbons (Fsp3) is 0.286. The molecular weight excluding hydrogens is 522 g/mol. The summed E-state index contributed by atoms with van der Waals surface area (Å²) in [6, 6.07) is 19.4. The van der Waals surface area contributed by atoms with Gasteiger partial charge in [-0.05, 0) is 73.7 Å². The van der Waals surface area contributed by atoms with Gasteiger partial charge in [-0.1, -0.05) is 11.8 Å². The van der Waals surface area contributed by atoms with Gasteiger partial charge in [0.2, 0.25) is 0 Å². The van der Waals surface area contributed by atoms with Crippen molar-refractivity contribution in [2.75, 3.05) is 61.4 Å². The third-order valence-corrected chi connectivity index (χ3v) is 11.9. The number of ether oxygens (including phenoxy) is 1. The van der Waals surface area contributed by atoms with Crippen molar-refractivity contribution < 1.29 is 18.7 Å². The summed E-state index contributed by atoms with van der Waals surface area (Å²) in [5.41, 5.74) is 3.60. The van der Waals surface area contributed by atoms with Gasteiger partial charge in [-0.15, -0.1) is 0 Å². The van der Waals surface area contributed by atoms with Gasteiger partial charge in [-0.25, -0.2) is 9.18 Å². The summed E-state index contributed by atoms with van der Waals surface area (Å²) in [7, 11) is 3.88. The van der Waals surface area contributed by atoms with Crippen molar-refractivity contribution in [3.63, 3.8) is 0 Å². The van der Waals surface area contributed by atoms with Crippen LogP contribution in [-0.2, 0) is 16.5 Å². The molecule has 198 valence electrons. The molecule has 0 spiro atoms. The summed E-state index contributed by atoms with van der Waals surface area (Å²) >= 11 is 6.50. The van der Waals surface area contributed by atoms with Gasteiger partial charge in [0, 0.05) is 57.0 Å². The number of esters is 1. The van der Waals surface area contributed by atoms with Crippen LogP contribution in [0.2, 0.25) is 0 Å². The van der Waals surface area contributed by atoms with Crippen molar-refractivity contribution in [3.05, 3.63) is 83.7 Å². The van der Waals surface area contributed by atoms with Gasteiger partial charge in [0.1, 0.15) is 12.2 Å². The Balaban J connectivity index is 1.51. The molecule has 1 atom stereocenters. The second-order valence-corrected chi connectivity index (χ2v) is 13.5. The summed E-state index contributed by atoms with van der Waals surface area (Å²) in [5, 5.41) is 0.882. The van der Waals surface area contributed by atoms with Crippen LogP contribution in [0.15, 0.2) is 66.7 Å². The Hall–Kier alpha value is -3.26. The summed E-state index contributed by atoms with van der Waals surface area (Å²) in [5.74, 6) is -0.787. The maximum Gasteiger partial charge on any atom is 0.338 e. The topological polar surface area (TPSA) is 56.3 Å². The molecule has 3 aromatic rings. The summed E-state index contributed by atoms with van der Waals surface area (Å²) < 4.78 is 22.6. The second kappa shape index (κ2) is 10.5. The molecule has 0 unspecified atom stereocenters. The first-order valence-electron chi connectivity index (χ1n) is 12.5. The molecule has 7 nitrogen and oxygen atoms in total. The van der Waals surface area contributed by atoms with Crippen LogP contribution in [0.1, 0.15) is 27.6 Å². The average molecular weight is 553 g/mol. The molecule has 10 heteroatoms. The highest BCUT2D eigenvalue weighted by Gasteiger charge is 2.48. The number of benzene rings is 3. The highest BCUT2D eigenvalue weighted by Crippen LogP contribution is 2.60. The van der Waals surface area contributed by atoms with E-state index in [0.29, 0.717) is 49.6 Å². The highest BCUT2D eigenvalue weighted by atomic mass is 32.4. The van der Waals surface area contributed by atoms with Crippen molar-refractivity contribution >= 4 is 52.4 Å². The van der Waals surface area contributed by atoms with E-state index in [0.717, 1.165) is 16.7 Å². The number of carbonyl (C=O) groups is 2. The van der Waals surface area contributed by atoms with E-state index in [1.807, 2.05) is 37.2 Å². The van der Waals surface area contributed by atoms with Crippen LogP contribution in [0.3, 0.4) is 0 Å². The quantitative estimate of drug-likeness (QED) is 0.330. The number of amides is 1. The average Bonchev–Trinajstić information content (AvgIpc) is 3.16. The predicted octanol–water partition coefficient (Wildman–Crippen LogP) is 4.49. The number of hydrogen-bond donors (Lipinski definition) is 0. The predicted molar refractivity (Wildman–Crippen MR) is 154 cm³/mol. The van der Waals surface area contributed by atoms with Gasteiger partial charge in [0.05, 0.1) is 23.4 Å². The van der Waals surface area contributed by atoms with E-state index in [-0.39, 0.29) is 11.7 Å². The van der Waals surface area contributed by atoms with Crippen LogP contribution in [0, 0.1) is 5.82 Å². The Bertz CT molecular complexity index is 1410. The number of hydrogen-bond acceptors (Lipinski definition) is 6. The normalized spacial score (nSPS) is 19.4. The monoisotopic (exact) mass is 552 g/mol. The molecule has 0 N–H and O–H groups in total. The second-order valence-electron chi connectivity index (χ2n) is 9.44. The Morgan fingerprint density at radius 3 is 2.21 bits per heavy atom. The lowest BCUT2D eigenvalue weighted by molar-refractivity contribution is 0.0526. The fourth-order valence-electron chi connectivity index (χ4n) is 4.96. The number of halogens is 1. The van der Waals surface area contributed by atoms with Gasteiger partial charge in [0.15, 0.2) is 0 Å². The molecule has 0 bridgehead atoms. The van der Waals surface area contributed by atoms with E-state index < -0.39 is 12.3 Å². The number of carbonyl (C=O) groups excluding carboxylic acids is 2. The Morgan fingerprint density at radius 2 is 1.61 bits per heavy atom. The molecule has 2 aliphatic heterocycles. The largest absolute Gasteiger partial charge is 0.462 e. The van der Waals surface area contributed by atoms with Gasteiger partial charge >= 0.3 is 5.97 Å². The highest BCUT2D eigenvalue weighted by molar-refractivity contribution is 8.18. The molecule has 1 saturated heterocycles. The zero-order valence-electron chi connectivity index (χ0n) is 21.6. The molecule has 2 aliphatic rings. The van der Waals surface area contributed by atoms with Crippen molar-refractivity contribution in [1.82, 2.24) is 4.67 Å². The van der Waals surface area contributed by atoms with Crippen molar-refractivity contribution in [3.8, 4) is 0 Å². The standard InChI is InChI=1S/C28H30FN4O3PS/c1-4-36-28(35)20-5-9-23(10-6-20)33-27(34)25-19-24(30(2)3)13-14-26(25)37(33,38)32-17-15-31(16-18-32)22-11-7-21(29)8-12-22/h5-14,19H,4,15-18H2,1-3H3/t37-/m1/s1. The Kier molecular flexibility index (Phi) is 7.27. The lowest BCUT2D eigenvalue weighted by Gasteiger charge is -2.44. The zero-order chi connectivity index (χ0) is 27.0. The van der Waals surface area contributed by atoms with E-state index in [2.05, 4.69) is 9.57 Å². The number of rotatable bonds is 6. The van der Waals surface area contributed by atoms with Gasteiger partial charge in [-0.3, -0.25) is 14.1 Å². The summed E-state index contributed by atoms with van der Waals surface area (Å²) in [6.07, 6.45) is -2.72. The maximum atomic E-state index is 14.0. The van der Waals surface area contributed by atoms with E-state index >= 15 is 0 Å². The molecule has 0 radical (unpaired) electrons. The van der Waals surface area contributed by atoms with Crippen LogP contribution in [-0.4, -0.2) is 63.4 Å². The SMILES string of the molecule is CCOC(=O)c1ccc(N2C(=O)c3cc(N(C)C)ccc3[P@@]2(=S)N2CCN(c3ccc(F)cc3)CC2)cc1. The number of anilines is 3. The maximum absolute atomic E-state index is 14.0. The number of piperazine rings is 1. The molecule has 38 heavy (non-hydrogen) atoms. The van der Waals surface area contributed by atoms with Crippen LogP contribution >= 0.6 is 6.34 Å². The lowest BCUT2D eigenvalue weighted by atomic mass is 10.1. The van der Waals surface area contributed by atoms with Gasteiger partial charge < -0.3 is 14.5 Å². The fourth-order valence-corrected chi connectivity index (χ4v) is 9.47. The number of nitrogens with zero attached hydrogens (tertiary/aromatic N) is 4. The molecule has 2 heterocycles. The minimum atomic E-state index is -2.72. The first-order valence-corrected chi connectivity index (χ1v) is 15.2. The van der Waals surface area contributed by atoms with E-state index in [4.69, 9.17) is 16.5 Å². The third-order valence-electron chi connectivity index (χ3n) is 6.96. The minimum absolute atomic E-state index is 0.128.